The van der Waals surface area contributed by atoms with E-state index in [4.69, 9.17) is 11.6 Å². The fraction of sp³-hybridized carbons (Fsp3) is 0.300. The minimum Gasteiger partial charge on any atom is -0.349 e. The molecule has 1 amide bonds. The van der Waals surface area contributed by atoms with E-state index in [1.807, 2.05) is 0 Å². The van der Waals surface area contributed by atoms with Crippen LogP contribution in [0.1, 0.15) is 5.56 Å². The van der Waals surface area contributed by atoms with Crippen LogP contribution in [0.2, 0.25) is 5.02 Å². The summed E-state index contributed by atoms with van der Waals surface area (Å²) >= 11 is 5.72. The SMILES string of the molecule is CN(C)C(=O)Cc1ccc([N+](=O)[O-])c(Cl)c1. The van der Waals surface area contributed by atoms with Crippen LogP contribution in [0.4, 0.5) is 5.69 Å². The summed E-state index contributed by atoms with van der Waals surface area (Å²) in [6.07, 6.45) is 0.185. The Balaban J connectivity index is 2.90. The largest absolute Gasteiger partial charge is 0.349 e. The van der Waals surface area contributed by atoms with Gasteiger partial charge in [0.25, 0.3) is 5.69 Å². The summed E-state index contributed by atoms with van der Waals surface area (Å²) in [5.41, 5.74) is 0.511. The van der Waals surface area contributed by atoms with Gasteiger partial charge in [-0.25, -0.2) is 0 Å². The highest BCUT2D eigenvalue weighted by atomic mass is 35.5. The molecule has 0 saturated heterocycles. The van der Waals surface area contributed by atoms with Crippen LogP contribution in [-0.4, -0.2) is 29.8 Å². The molecule has 0 saturated carbocycles. The molecule has 0 aliphatic carbocycles. The summed E-state index contributed by atoms with van der Waals surface area (Å²) in [4.78, 5) is 22.8. The molecule has 0 spiro atoms. The van der Waals surface area contributed by atoms with Gasteiger partial charge in [0.2, 0.25) is 5.91 Å². The topological polar surface area (TPSA) is 63.5 Å². The summed E-state index contributed by atoms with van der Waals surface area (Å²) in [5, 5.41) is 10.6. The summed E-state index contributed by atoms with van der Waals surface area (Å²) in [6, 6.07) is 4.28. The Kier molecular flexibility index (Phi) is 3.84. The van der Waals surface area contributed by atoms with E-state index in [-0.39, 0.29) is 23.0 Å². The normalized spacial score (nSPS) is 9.94. The lowest BCUT2D eigenvalue weighted by Gasteiger charge is -2.09. The van der Waals surface area contributed by atoms with Gasteiger partial charge in [-0.15, -0.1) is 0 Å². The standard InChI is InChI=1S/C10H11ClN2O3/c1-12(2)10(14)6-7-3-4-9(13(15)16)8(11)5-7/h3-5H,6H2,1-2H3. The van der Waals surface area contributed by atoms with Crippen LogP contribution in [0.15, 0.2) is 18.2 Å². The average Bonchev–Trinajstić information content (AvgIpc) is 2.16. The van der Waals surface area contributed by atoms with Crippen LogP contribution in [0.25, 0.3) is 0 Å². The van der Waals surface area contributed by atoms with Crippen LogP contribution < -0.4 is 0 Å². The van der Waals surface area contributed by atoms with Gasteiger partial charge in [0, 0.05) is 20.2 Å². The number of nitrogens with zero attached hydrogens (tertiary/aromatic N) is 2. The number of nitro benzene ring substituents is 1. The van der Waals surface area contributed by atoms with E-state index in [0.717, 1.165) is 0 Å². The van der Waals surface area contributed by atoms with Crippen LogP contribution >= 0.6 is 11.6 Å². The molecule has 16 heavy (non-hydrogen) atoms. The third kappa shape index (κ3) is 2.93. The first-order chi connectivity index (χ1) is 7.41. The van der Waals surface area contributed by atoms with E-state index in [2.05, 4.69) is 0 Å². The van der Waals surface area contributed by atoms with E-state index in [1.165, 1.54) is 23.1 Å². The second-order valence-electron chi connectivity index (χ2n) is 3.51. The molecule has 0 N–H and O–H groups in total. The molecule has 0 aromatic heterocycles. The summed E-state index contributed by atoms with van der Waals surface area (Å²) in [7, 11) is 3.30. The molecule has 0 fully saturated rings. The van der Waals surface area contributed by atoms with Crippen LogP contribution in [0.5, 0.6) is 0 Å². The Morgan fingerprint density at radius 2 is 2.12 bits per heavy atom. The van der Waals surface area contributed by atoms with Gasteiger partial charge in [0.15, 0.2) is 0 Å². The quantitative estimate of drug-likeness (QED) is 0.601. The number of benzene rings is 1. The van der Waals surface area contributed by atoms with Crippen molar-refractivity contribution in [2.24, 2.45) is 0 Å². The number of halogens is 1. The first-order valence-electron chi connectivity index (χ1n) is 4.55. The zero-order chi connectivity index (χ0) is 12.3. The molecule has 86 valence electrons. The first kappa shape index (κ1) is 12.4. The second kappa shape index (κ2) is 4.94. The molecule has 0 aliphatic rings. The fourth-order valence-electron chi connectivity index (χ4n) is 1.14. The molecule has 0 unspecified atom stereocenters. The van der Waals surface area contributed by atoms with Gasteiger partial charge in [-0.05, 0) is 11.6 Å². The Bertz CT molecular complexity index is 432. The molecule has 0 radical (unpaired) electrons. The van der Waals surface area contributed by atoms with Crippen molar-refractivity contribution < 1.29 is 9.72 Å². The highest BCUT2D eigenvalue weighted by Crippen LogP contribution is 2.25. The third-order valence-corrected chi connectivity index (χ3v) is 2.37. The van der Waals surface area contributed by atoms with Crippen molar-refractivity contribution >= 4 is 23.2 Å². The number of rotatable bonds is 3. The number of hydrogen-bond donors (Lipinski definition) is 0. The molecule has 1 aromatic rings. The van der Waals surface area contributed by atoms with E-state index < -0.39 is 4.92 Å². The minimum absolute atomic E-state index is 0.0501. The number of likely N-dealkylation sites (N-methyl/N-ethyl adjacent to an activating group) is 1. The van der Waals surface area contributed by atoms with Crippen LogP contribution in [0.3, 0.4) is 0 Å². The molecule has 0 heterocycles. The monoisotopic (exact) mass is 242 g/mol. The van der Waals surface area contributed by atoms with Crippen LogP contribution in [0, 0.1) is 10.1 Å². The number of amides is 1. The first-order valence-corrected chi connectivity index (χ1v) is 4.92. The lowest BCUT2D eigenvalue weighted by Crippen LogP contribution is -2.23. The number of carbonyl (C=O) groups is 1. The molecule has 6 heteroatoms. The second-order valence-corrected chi connectivity index (χ2v) is 3.92. The predicted molar refractivity (Wildman–Crippen MR) is 60.5 cm³/mol. The molecule has 1 rings (SSSR count). The van der Waals surface area contributed by atoms with Crippen molar-refractivity contribution in [1.82, 2.24) is 4.90 Å². The highest BCUT2D eigenvalue weighted by molar-refractivity contribution is 6.32. The molecular formula is C10H11ClN2O3. The van der Waals surface area contributed by atoms with Crippen molar-refractivity contribution in [2.45, 2.75) is 6.42 Å². The molecule has 5 nitrogen and oxygen atoms in total. The number of nitro groups is 1. The Labute approximate surface area is 97.8 Å². The van der Waals surface area contributed by atoms with Crippen molar-refractivity contribution in [3.63, 3.8) is 0 Å². The maximum Gasteiger partial charge on any atom is 0.287 e. The predicted octanol–water partition coefficient (Wildman–Crippen LogP) is 1.88. The lowest BCUT2D eigenvalue weighted by atomic mass is 10.1. The van der Waals surface area contributed by atoms with Crippen molar-refractivity contribution in [1.29, 1.82) is 0 Å². The Morgan fingerprint density at radius 1 is 1.50 bits per heavy atom. The molecule has 0 bridgehead atoms. The zero-order valence-electron chi connectivity index (χ0n) is 8.94. The van der Waals surface area contributed by atoms with Gasteiger partial charge in [-0.2, -0.15) is 0 Å². The molecular weight excluding hydrogens is 232 g/mol. The zero-order valence-corrected chi connectivity index (χ0v) is 9.69. The van der Waals surface area contributed by atoms with Gasteiger partial charge in [0.1, 0.15) is 5.02 Å². The van der Waals surface area contributed by atoms with Gasteiger partial charge >= 0.3 is 0 Å². The Hall–Kier alpha value is -1.62. The van der Waals surface area contributed by atoms with Crippen molar-refractivity contribution in [3.8, 4) is 0 Å². The fourth-order valence-corrected chi connectivity index (χ4v) is 1.41. The van der Waals surface area contributed by atoms with E-state index in [0.29, 0.717) is 5.56 Å². The van der Waals surface area contributed by atoms with Crippen molar-refractivity contribution in [2.75, 3.05) is 14.1 Å². The maximum absolute atomic E-state index is 11.4. The van der Waals surface area contributed by atoms with Crippen LogP contribution in [-0.2, 0) is 11.2 Å². The maximum atomic E-state index is 11.4. The minimum atomic E-state index is -0.556. The van der Waals surface area contributed by atoms with Gasteiger partial charge in [0.05, 0.1) is 11.3 Å². The number of carbonyl (C=O) groups excluding carboxylic acids is 1. The molecule has 0 atom stereocenters. The summed E-state index contributed by atoms with van der Waals surface area (Å²) in [5.74, 6) is -0.0788. The summed E-state index contributed by atoms with van der Waals surface area (Å²) < 4.78 is 0. The third-order valence-electron chi connectivity index (χ3n) is 2.06. The molecule has 0 aliphatic heterocycles. The Morgan fingerprint density at radius 3 is 2.56 bits per heavy atom. The van der Waals surface area contributed by atoms with E-state index in [1.54, 1.807) is 14.1 Å². The molecule has 1 aromatic carbocycles. The van der Waals surface area contributed by atoms with Crippen molar-refractivity contribution in [3.05, 3.63) is 38.9 Å². The van der Waals surface area contributed by atoms with E-state index in [9.17, 15) is 14.9 Å². The lowest BCUT2D eigenvalue weighted by molar-refractivity contribution is -0.384. The van der Waals surface area contributed by atoms with E-state index >= 15 is 0 Å². The van der Waals surface area contributed by atoms with Gasteiger partial charge in [-0.1, -0.05) is 17.7 Å². The van der Waals surface area contributed by atoms with Gasteiger partial charge < -0.3 is 4.90 Å². The van der Waals surface area contributed by atoms with Gasteiger partial charge in [-0.3, -0.25) is 14.9 Å². The smallest absolute Gasteiger partial charge is 0.287 e. The average molecular weight is 243 g/mol. The summed E-state index contributed by atoms with van der Waals surface area (Å²) in [6.45, 7) is 0. The highest BCUT2D eigenvalue weighted by Gasteiger charge is 2.13. The number of hydrogen-bond acceptors (Lipinski definition) is 3.